The number of fused-ring (bicyclic) bond motifs is 1. The molecule has 0 saturated heterocycles. The molecule has 5 heteroatoms. The molecular formula is C18H30N4O. The SMILES string of the molecule is CN1CN(CC2CCC(C)(O)CC2)C=C2C1=NCN2CC1CC1. The molecule has 4 aliphatic rings. The highest BCUT2D eigenvalue weighted by Gasteiger charge is 2.35. The first-order valence-electron chi connectivity index (χ1n) is 9.19. The van der Waals surface area contributed by atoms with Crippen molar-refractivity contribution in [3.05, 3.63) is 11.9 Å². The Morgan fingerprint density at radius 1 is 1.17 bits per heavy atom. The number of likely N-dealkylation sites (N-methyl/N-ethyl adjacent to an activating group) is 1. The third-order valence-electron chi connectivity index (χ3n) is 5.87. The molecule has 2 aliphatic carbocycles. The lowest BCUT2D eigenvalue weighted by atomic mass is 9.80. The van der Waals surface area contributed by atoms with E-state index in [0.717, 1.165) is 51.5 Å². The second kappa shape index (κ2) is 5.69. The summed E-state index contributed by atoms with van der Waals surface area (Å²) in [6.45, 7) is 6.03. The van der Waals surface area contributed by atoms with Crippen LogP contribution in [0.1, 0.15) is 45.4 Å². The fraction of sp³-hybridized carbons (Fsp3) is 0.833. The molecule has 4 rings (SSSR count). The Bertz CT molecular complexity index is 513. The second-order valence-corrected chi connectivity index (χ2v) is 8.35. The fourth-order valence-electron chi connectivity index (χ4n) is 4.15. The molecule has 0 aromatic rings. The van der Waals surface area contributed by atoms with Crippen LogP contribution in [0.5, 0.6) is 0 Å². The zero-order valence-electron chi connectivity index (χ0n) is 14.5. The molecule has 0 amide bonds. The Morgan fingerprint density at radius 2 is 1.87 bits per heavy atom. The molecule has 23 heavy (non-hydrogen) atoms. The summed E-state index contributed by atoms with van der Waals surface area (Å²) < 4.78 is 0. The van der Waals surface area contributed by atoms with E-state index in [0.29, 0.717) is 5.92 Å². The molecule has 0 spiro atoms. The Hall–Kier alpha value is -1.23. The van der Waals surface area contributed by atoms with Gasteiger partial charge in [0.25, 0.3) is 0 Å². The van der Waals surface area contributed by atoms with Gasteiger partial charge in [0, 0.05) is 26.3 Å². The predicted molar refractivity (Wildman–Crippen MR) is 91.7 cm³/mol. The number of hydrogen-bond acceptors (Lipinski definition) is 5. The largest absolute Gasteiger partial charge is 0.390 e. The van der Waals surface area contributed by atoms with E-state index in [1.807, 2.05) is 6.92 Å². The van der Waals surface area contributed by atoms with Gasteiger partial charge in [-0.15, -0.1) is 0 Å². The number of aliphatic hydroxyl groups is 1. The number of amidine groups is 1. The van der Waals surface area contributed by atoms with Gasteiger partial charge in [-0.2, -0.15) is 0 Å². The molecule has 2 saturated carbocycles. The zero-order valence-corrected chi connectivity index (χ0v) is 14.5. The van der Waals surface area contributed by atoms with E-state index in [1.165, 1.54) is 30.9 Å². The van der Waals surface area contributed by atoms with E-state index in [2.05, 4.69) is 27.9 Å². The highest BCUT2D eigenvalue weighted by Crippen LogP contribution is 2.35. The Balaban J connectivity index is 1.41. The van der Waals surface area contributed by atoms with E-state index in [4.69, 9.17) is 4.99 Å². The normalized spacial score (nSPS) is 34.4. The van der Waals surface area contributed by atoms with Crippen LogP contribution in [0, 0.1) is 11.8 Å². The van der Waals surface area contributed by atoms with Crippen LogP contribution in [-0.2, 0) is 0 Å². The average molecular weight is 318 g/mol. The van der Waals surface area contributed by atoms with Crippen LogP contribution in [0.2, 0.25) is 0 Å². The van der Waals surface area contributed by atoms with E-state index >= 15 is 0 Å². The molecule has 2 heterocycles. The highest BCUT2D eigenvalue weighted by atomic mass is 16.3. The molecule has 1 N–H and O–H groups in total. The molecule has 2 aliphatic heterocycles. The van der Waals surface area contributed by atoms with Crippen LogP contribution in [0.25, 0.3) is 0 Å². The fourth-order valence-corrected chi connectivity index (χ4v) is 4.15. The van der Waals surface area contributed by atoms with Crippen molar-refractivity contribution in [3.8, 4) is 0 Å². The summed E-state index contributed by atoms with van der Waals surface area (Å²) in [7, 11) is 2.16. The van der Waals surface area contributed by atoms with Gasteiger partial charge in [0.05, 0.1) is 18.0 Å². The summed E-state index contributed by atoms with van der Waals surface area (Å²) in [4.78, 5) is 12.0. The van der Waals surface area contributed by atoms with Gasteiger partial charge < -0.3 is 19.8 Å². The molecule has 0 aromatic heterocycles. The van der Waals surface area contributed by atoms with Gasteiger partial charge in [0.2, 0.25) is 0 Å². The van der Waals surface area contributed by atoms with Crippen LogP contribution in [0.4, 0.5) is 0 Å². The van der Waals surface area contributed by atoms with Crippen LogP contribution in [0.3, 0.4) is 0 Å². The third-order valence-corrected chi connectivity index (χ3v) is 5.87. The molecule has 2 fully saturated rings. The monoisotopic (exact) mass is 318 g/mol. The van der Waals surface area contributed by atoms with Crippen molar-refractivity contribution in [2.75, 3.05) is 33.5 Å². The third kappa shape index (κ3) is 3.35. The van der Waals surface area contributed by atoms with E-state index in [1.54, 1.807) is 0 Å². The van der Waals surface area contributed by atoms with Crippen LogP contribution in [0.15, 0.2) is 16.9 Å². The van der Waals surface area contributed by atoms with E-state index < -0.39 is 5.60 Å². The van der Waals surface area contributed by atoms with Crippen molar-refractivity contribution in [1.82, 2.24) is 14.7 Å². The first-order valence-corrected chi connectivity index (χ1v) is 9.19. The zero-order chi connectivity index (χ0) is 16.0. The Morgan fingerprint density at radius 3 is 2.57 bits per heavy atom. The van der Waals surface area contributed by atoms with Crippen molar-refractivity contribution in [1.29, 1.82) is 0 Å². The molecule has 0 atom stereocenters. The quantitative estimate of drug-likeness (QED) is 0.861. The summed E-state index contributed by atoms with van der Waals surface area (Å²) >= 11 is 0. The molecule has 5 nitrogen and oxygen atoms in total. The number of hydrogen-bond donors (Lipinski definition) is 1. The van der Waals surface area contributed by atoms with E-state index in [-0.39, 0.29) is 0 Å². The predicted octanol–water partition coefficient (Wildman–Crippen LogP) is 2.06. The van der Waals surface area contributed by atoms with Gasteiger partial charge in [0.15, 0.2) is 5.84 Å². The number of nitrogens with zero attached hydrogens (tertiary/aromatic N) is 4. The lowest BCUT2D eigenvalue weighted by molar-refractivity contribution is 0.00363. The van der Waals surface area contributed by atoms with Gasteiger partial charge in [-0.3, -0.25) is 0 Å². The lowest BCUT2D eigenvalue weighted by Crippen LogP contribution is -2.45. The van der Waals surface area contributed by atoms with Gasteiger partial charge in [0.1, 0.15) is 6.67 Å². The molecule has 0 bridgehead atoms. The Kier molecular flexibility index (Phi) is 3.79. The lowest BCUT2D eigenvalue weighted by Gasteiger charge is -2.39. The maximum atomic E-state index is 10.1. The van der Waals surface area contributed by atoms with E-state index in [9.17, 15) is 5.11 Å². The molecule has 0 radical (unpaired) electrons. The minimum Gasteiger partial charge on any atom is -0.390 e. The van der Waals surface area contributed by atoms with Crippen molar-refractivity contribution in [3.63, 3.8) is 0 Å². The van der Waals surface area contributed by atoms with Crippen molar-refractivity contribution < 1.29 is 5.11 Å². The van der Waals surface area contributed by atoms with Crippen molar-refractivity contribution >= 4 is 5.84 Å². The maximum absolute atomic E-state index is 10.1. The average Bonchev–Trinajstić information content (AvgIpc) is 3.22. The van der Waals surface area contributed by atoms with Crippen LogP contribution >= 0.6 is 0 Å². The van der Waals surface area contributed by atoms with Gasteiger partial charge in [-0.05, 0) is 57.3 Å². The summed E-state index contributed by atoms with van der Waals surface area (Å²) in [6, 6.07) is 0. The Labute approximate surface area is 139 Å². The number of rotatable bonds is 4. The number of aliphatic imine (C=N–C) groups is 1. The summed E-state index contributed by atoms with van der Waals surface area (Å²) in [5.74, 6) is 2.78. The summed E-state index contributed by atoms with van der Waals surface area (Å²) in [5, 5.41) is 10.1. The topological polar surface area (TPSA) is 42.3 Å². The van der Waals surface area contributed by atoms with Crippen LogP contribution in [-0.4, -0.2) is 64.7 Å². The maximum Gasteiger partial charge on any atom is 0.152 e. The summed E-state index contributed by atoms with van der Waals surface area (Å²) in [5.41, 5.74) is 0.897. The standard InChI is InChI=1S/C18H30N4O/c1-18(23)7-5-15(6-8-18)9-21-11-16-17(20(2)13-21)19-12-22(16)10-14-3-4-14/h11,14-15,23H,3-10,12-13H2,1-2H3. The smallest absolute Gasteiger partial charge is 0.152 e. The first kappa shape index (κ1) is 15.3. The van der Waals surface area contributed by atoms with Crippen molar-refractivity contribution in [2.24, 2.45) is 16.8 Å². The van der Waals surface area contributed by atoms with Gasteiger partial charge in [-0.25, -0.2) is 4.99 Å². The van der Waals surface area contributed by atoms with Crippen LogP contribution < -0.4 is 0 Å². The molecular weight excluding hydrogens is 288 g/mol. The molecule has 0 aromatic carbocycles. The second-order valence-electron chi connectivity index (χ2n) is 8.35. The molecule has 0 unspecified atom stereocenters. The minimum absolute atomic E-state index is 0.431. The molecule has 128 valence electrons. The summed E-state index contributed by atoms with van der Waals surface area (Å²) in [6.07, 6.45) is 9.30. The minimum atomic E-state index is -0.431. The van der Waals surface area contributed by atoms with Gasteiger partial charge >= 0.3 is 0 Å². The highest BCUT2D eigenvalue weighted by molar-refractivity contribution is 5.99. The van der Waals surface area contributed by atoms with Gasteiger partial charge in [-0.1, -0.05) is 0 Å². The van der Waals surface area contributed by atoms with Crippen molar-refractivity contribution in [2.45, 2.75) is 51.0 Å². The first-order chi connectivity index (χ1) is 11.0.